The van der Waals surface area contributed by atoms with Crippen LogP contribution < -0.4 is 0 Å². The third kappa shape index (κ3) is 4.17. The molecule has 0 aromatic heterocycles. The Labute approximate surface area is 34.3 Å². The Kier molecular flexibility index (Phi) is 2.50. The summed E-state index contributed by atoms with van der Waals surface area (Å²) in [5.41, 5.74) is -0.167. The smallest absolute Gasteiger partial charge is 0.143 e. The Morgan fingerprint density at radius 2 is 2.20 bits per heavy atom. The SMILES string of the molecule is [B]CS(=O)O. The molecular formula is CH3BO2S. The molecule has 2 radical (unpaired) electrons. The molecular weight excluding hydrogens is 86.9 g/mol. The molecule has 0 saturated carbocycles. The third-order valence-corrected chi connectivity index (χ3v) is 0.428. The molecule has 0 fully saturated rings. The molecule has 0 spiro atoms. The minimum atomic E-state index is -1.79. The average Bonchev–Trinajstić information content (AvgIpc) is 1.38. The van der Waals surface area contributed by atoms with Gasteiger partial charge in [0.15, 0.2) is 0 Å². The van der Waals surface area contributed by atoms with Crippen LogP contribution in [0.1, 0.15) is 0 Å². The van der Waals surface area contributed by atoms with Crippen LogP contribution in [0.2, 0.25) is 0 Å². The van der Waals surface area contributed by atoms with Crippen molar-refractivity contribution in [1.29, 1.82) is 0 Å². The first-order valence-corrected chi connectivity index (χ1v) is 2.32. The number of hydrogen-bond acceptors (Lipinski definition) is 1. The molecule has 0 aliphatic carbocycles. The van der Waals surface area contributed by atoms with Gasteiger partial charge in [-0.05, 0) is 0 Å². The molecule has 1 N–H and O–H groups in total. The van der Waals surface area contributed by atoms with Crippen molar-refractivity contribution < 1.29 is 8.76 Å². The molecule has 4 heteroatoms. The summed E-state index contributed by atoms with van der Waals surface area (Å²) in [6, 6.07) is 0. The van der Waals surface area contributed by atoms with E-state index in [1.165, 1.54) is 0 Å². The molecule has 1 unspecified atom stereocenters. The zero-order valence-electron chi connectivity index (χ0n) is 2.55. The highest BCUT2D eigenvalue weighted by Gasteiger charge is 1.76. The molecule has 0 aromatic rings. The van der Waals surface area contributed by atoms with Gasteiger partial charge < -0.3 is 4.55 Å². The van der Waals surface area contributed by atoms with Crippen molar-refractivity contribution in [2.45, 2.75) is 0 Å². The van der Waals surface area contributed by atoms with Crippen molar-refractivity contribution in [2.24, 2.45) is 0 Å². The van der Waals surface area contributed by atoms with Crippen molar-refractivity contribution in [3.05, 3.63) is 0 Å². The largest absolute Gasteiger partial charge is 0.307 e. The topological polar surface area (TPSA) is 37.3 Å². The van der Waals surface area contributed by atoms with Gasteiger partial charge in [-0.25, -0.2) is 4.21 Å². The van der Waals surface area contributed by atoms with E-state index in [2.05, 4.69) is 7.85 Å². The first-order valence-electron chi connectivity index (χ1n) is 1.05. The van der Waals surface area contributed by atoms with Crippen LogP contribution in [0.15, 0.2) is 0 Å². The fraction of sp³-hybridized carbons (Fsp3) is 1.00. The molecule has 0 aliphatic heterocycles. The summed E-state index contributed by atoms with van der Waals surface area (Å²) in [4.78, 5) is 0. The summed E-state index contributed by atoms with van der Waals surface area (Å²) < 4.78 is 17.1. The summed E-state index contributed by atoms with van der Waals surface area (Å²) >= 11 is -1.79. The molecule has 0 bridgehead atoms. The Hall–Kier alpha value is 0.175. The first-order chi connectivity index (χ1) is 2.27. The lowest BCUT2D eigenvalue weighted by atomic mass is 10.2. The van der Waals surface area contributed by atoms with Crippen LogP contribution in [0.5, 0.6) is 0 Å². The third-order valence-electron chi connectivity index (χ3n) is 0.143. The fourth-order valence-corrected chi connectivity index (χ4v) is 0. The molecule has 5 heavy (non-hydrogen) atoms. The van der Waals surface area contributed by atoms with Crippen LogP contribution in [0.3, 0.4) is 0 Å². The Bertz CT molecular complexity index is 44.9. The Balaban J connectivity index is 2.85. The van der Waals surface area contributed by atoms with Gasteiger partial charge in [0, 0.05) is 5.65 Å². The van der Waals surface area contributed by atoms with Gasteiger partial charge in [-0.15, -0.1) is 0 Å². The maximum absolute atomic E-state index is 9.35. The van der Waals surface area contributed by atoms with Crippen molar-refractivity contribution in [3.63, 3.8) is 0 Å². The van der Waals surface area contributed by atoms with E-state index in [0.29, 0.717) is 0 Å². The molecule has 0 rings (SSSR count). The maximum Gasteiger partial charge on any atom is 0.143 e. The van der Waals surface area contributed by atoms with E-state index in [9.17, 15) is 4.21 Å². The van der Waals surface area contributed by atoms with Gasteiger partial charge in [-0.1, -0.05) is 0 Å². The minimum Gasteiger partial charge on any atom is -0.307 e. The lowest BCUT2D eigenvalue weighted by Gasteiger charge is -1.73. The average molecular weight is 89.9 g/mol. The second-order valence-electron chi connectivity index (χ2n) is 0.488. The van der Waals surface area contributed by atoms with Crippen molar-refractivity contribution in [2.75, 3.05) is 5.65 Å². The van der Waals surface area contributed by atoms with Gasteiger partial charge in [-0.3, -0.25) is 0 Å². The summed E-state index contributed by atoms with van der Waals surface area (Å²) in [6.45, 7) is 0. The monoisotopic (exact) mass is 90.0 g/mol. The predicted octanol–water partition coefficient (Wildman–Crippen LogP) is -0.666. The molecule has 2 nitrogen and oxygen atoms in total. The molecule has 0 amide bonds. The molecule has 0 heterocycles. The molecule has 28 valence electrons. The van der Waals surface area contributed by atoms with Crippen LogP contribution in [0, 0.1) is 0 Å². The quantitative estimate of drug-likeness (QED) is 0.342. The molecule has 0 saturated heterocycles. The first kappa shape index (κ1) is 5.17. The predicted molar refractivity (Wildman–Crippen MR) is 21.4 cm³/mol. The van der Waals surface area contributed by atoms with E-state index in [-0.39, 0.29) is 5.65 Å². The number of rotatable bonds is 1. The number of hydrogen-bond donors (Lipinski definition) is 1. The van der Waals surface area contributed by atoms with Gasteiger partial charge in [0.1, 0.15) is 11.1 Å². The standard InChI is InChI=1S/CH3BO2S/c2-1-5(3)4/h1H2,(H,3,4). The summed E-state index contributed by atoms with van der Waals surface area (Å²) in [6.07, 6.45) is 0. The second kappa shape index (κ2) is 2.41. The van der Waals surface area contributed by atoms with Gasteiger partial charge in [0.05, 0.1) is 7.85 Å². The highest BCUT2D eigenvalue weighted by atomic mass is 32.2. The zero-order chi connectivity index (χ0) is 4.28. The van der Waals surface area contributed by atoms with Crippen LogP contribution in [0.25, 0.3) is 0 Å². The lowest BCUT2D eigenvalue weighted by Crippen LogP contribution is -1.90. The van der Waals surface area contributed by atoms with Gasteiger partial charge >= 0.3 is 0 Å². The molecule has 0 aromatic carbocycles. The molecule has 1 atom stereocenters. The zero-order valence-corrected chi connectivity index (χ0v) is 3.36. The van der Waals surface area contributed by atoms with Crippen LogP contribution in [0.4, 0.5) is 0 Å². The van der Waals surface area contributed by atoms with Gasteiger partial charge in [0.25, 0.3) is 0 Å². The Morgan fingerprint density at radius 1 is 2.00 bits per heavy atom. The van der Waals surface area contributed by atoms with Crippen molar-refractivity contribution >= 4 is 18.9 Å². The van der Waals surface area contributed by atoms with Gasteiger partial charge in [0.2, 0.25) is 0 Å². The Morgan fingerprint density at radius 3 is 2.20 bits per heavy atom. The van der Waals surface area contributed by atoms with Crippen molar-refractivity contribution in [1.82, 2.24) is 0 Å². The maximum atomic E-state index is 9.35. The van der Waals surface area contributed by atoms with Crippen LogP contribution in [-0.4, -0.2) is 22.3 Å². The van der Waals surface area contributed by atoms with Gasteiger partial charge in [-0.2, -0.15) is 0 Å². The normalized spacial score (nSPS) is 14.6. The molecule has 0 aliphatic rings. The van der Waals surface area contributed by atoms with Crippen molar-refractivity contribution in [3.8, 4) is 0 Å². The summed E-state index contributed by atoms with van der Waals surface area (Å²) in [7, 11) is 4.62. The second-order valence-corrected chi connectivity index (χ2v) is 1.46. The van der Waals surface area contributed by atoms with E-state index in [1.807, 2.05) is 0 Å². The van der Waals surface area contributed by atoms with E-state index >= 15 is 0 Å². The summed E-state index contributed by atoms with van der Waals surface area (Å²) in [5, 5.41) is 0. The lowest BCUT2D eigenvalue weighted by molar-refractivity contribution is 0.569. The van der Waals surface area contributed by atoms with Crippen LogP contribution >= 0.6 is 0 Å². The van der Waals surface area contributed by atoms with E-state index < -0.39 is 11.1 Å². The fourth-order valence-electron chi connectivity index (χ4n) is 0. The highest BCUT2D eigenvalue weighted by Crippen LogP contribution is 1.58. The summed E-state index contributed by atoms with van der Waals surface area (Å²) in [5.74, 6) is 0. The minimum absolute atomic E-state index is 0.167. The van der Waals surface area contributed by atoms with E-state index in [1.54, 1.807) is 0 Å². The van der Waals surface area contributed by atoms with E-state index in [0.717, 1.165) is 0 Å². The van der Waals surface area contributed by atoms with E-state index in [4.69, 9.17) is 4.55 Å². The highest BCUT2D eigenvalue weighted by molar-refractivity contribution is 7.80. The van der Waals surface area contributed by atoms with Crippen LogP contribution in [-0.2, 0) is 11.1 Å².